The Bertz CT molecular complexity index is 355. The fourth-order valence-electron chi connectivity index (χ4n) is 2.20. The van der Waals surface area contributed by atoms with Crippen molar-refractivity contribution in [3.8, 4) is 6.07 Å². The van der Waals surface area contributed by atoms with E-state index in [1.807, 2.05) is 32.9 Å². The molecule has 0 atom stereocenters. The summed E-state index contributed by atoms with van der Waals surface area (Å²) < 4.78 is 5.37. The zero-order valence-corrected chi connectivity index (χ0v) is 12.2. The van der Waals surface area contributed by atoms with E-state index in [0.717, 1.165) is 38.8 Å². The summed E-state index contributed by atoms with van der Waals surface area (Å²) in [6.45, 7) is 7.22. The summed E-state index contributed by atoms with van der Waals surface area (Å²) >= 11 is 0. The minimum Gasteiger partial charge on any atom is -0.444 e. The number of likely N-dealkylation sites (tertiary alicyclic amines) is 1. The summed E-state index contributed by atoms with van der Waals surface area (Å²) in [7, 11) is 0. The zero-order chi connectivity index (χ0) is 14.3. The number of carbonyl (C=O) groups is 1. The minimum atomic E-state index is -0.421. The molecular weight excluding hydrogens is 240 g/mol. The maximum absolute atomic E-state index is 11.9. The number of ether oxygens (including phenoxy) is 1. The van der Waals surface area contributed by atoms with Crippen molar-refractivity contribution in [2.45, 2.75) is 52.1 Å². The number of hydrogen-bond donors (Lipinski definition) is 0. The summed E-state index contributed by atoms with van der Waals surface area (Å²) in [6.07, 6.45) is 7.36. The Labute approximate surface area is 116 Å². The largest absolute Gasteiger partial charge is 0.444 e. The van der Waals surface area contributed by atoms with Crippen LogP contribution >= 0.6 is 0 Å². The minimum absolute atomic E-state index is 0.199. The van der Waals surface area contributed by atoms with Crippen molar-refractivity contribution in [2.24, 2.45) is 5.92 Å². The summed E-state index contributed by atoms with van der Waals surface area (Å²) in [5, 5.41) is 8.40. The van der Waals surface area contributed by atoms with Gasteiger partial charge < -0.3 is 9.64 Å². The quantitative estimate of drug-likeness (QED) is 0.733. The van der Waals surface area contributed by atoms with Gasteiger partial charge in [0.1, 0.15) is 5.60 Å². The maximum Gasteiger partial charge on any atom is 0.410 e. The number of nitrogens with zero attached hydrogens (tertiary/aromatic N) is 2. The molecule has 4 nitrogen and oxygen atoms in total. The van der Waals surface area contributed by atoms with Gasteiger partial charge in [-0.1, -0.05) is 6.08 Å². The predicted octanol–water partition coefficient (Wildman–Crippen LogP) is 3.49. The van der Waals surface area contributed by atoms with Crippen molar-refractivity contribution in [1.82, 2.24) is 4.90 Å². The first-order valence-corrected chi connectivity index (χ1v) is 6.95. The summed E-state index contributed by atoms with van der Waals surface area (Å²) in [6, 6.07) is 2.00. The van der Waals surface area contributed by atoms with Gasteiger partial charge in [-0.05, 0) is 52.4 Å². The van der Waals surface area contributed by atoms with Crippen molar-refractivity contribution in [3.05, 3.63) is 12.2 Å². The topological polar surface area (TPSA) is 53.3 Å². The van der Waals surface area contributed by atoms with Crippen LogP contribution < -0.4 is 0 Å². The van der Waals surface area contributed by atoms with Crippen molar-refractivity contribution in [3.63, 3.8) is 0 Å². The van der Waals surface area contributed by atoms with Gasteiger partial charge in [0.15, 0.2) is 0 Å². The fourth-order valence-corrected chi connectivity index (χ4v) is 2.20. The van der Waals surface area contributed by atoms with Gasteiger partial charge in [-0.2, -0.15) is 5.26 Å². The van der Waals surface area contributed by atoms with Crippen molar-refractivity contribution in [1.29, 1.82) is 5.26 Å². The molecule has 1 rings (SSSR count). The second-order valence-electron chi connectivity index (χ2n) is 6.02. The second-order valence-corrected chi connectivity index (χ2v) is 6.02. The van der Waals surface area contributed by atoms with Gasteiger partial charge in [0.2, 0.25) is 0 Å². The lowest BCUT2D eigenvalue weighted by atomic mass is 9.92. The van der Waals surface area contributed by atoms with E-state index < -0.39 is 5.60 Å². The highest BCUT2D eigenvalue weighted by Gasteiger charge is 2.26. The second kappa shape index (κ2) is 7.18. The van der Waals surface area contributed by atoms with Crippen LogP contribution in [0.25, 0.3) is 0 Å². The molecule has 1 saturated heterocycles. The van der Waals surface area contributed by atoms with Crippen LogP contribution in [0.2, 0.25) is 0 Å². The summed E-state index contributed by atoms with van der Waals surface area (Å²) in [4.78, 5) is 13.7. The molecule has 0 aliphatic carbocycles. The van der Waals surface area contributed by atoms with E-state index >= 15 is 0 Å². The predicted molar refractivity (Wildman–Crippen MR) is 74.5 cm³/mol. The molecule has 0 bridgehead atoms. The lowest BCUT2D eigenvalue weighted by Crippen LogP contribution is -2.41. The molecule has 0 spiro atoms. The number of nitriles is 1. The highest BCUT2D eigenvalue weighted by molar-refractivity contribution is 5.68. The van der Waals surface area contributed by atoms with Crippen LogP contribution in [-0.2, 0) is 4.74 Å². The molecule has 106 valence electrons. The molecule has 0 aromatic rings. The van der Waals surface area contributed by atoms with Crippen LogP contribution in [0.5, 0.6) is 0 Å². The van der Waals surface area contributed by atoms with E-state index in [4.69, 9.17) is 10.00 Å². The van der Waals surface area contributed by atoms with Gasteiger partial charge in [0.05, 0.1) is 6.07 Å². The molecule has 0 unspecified atom stereocenters. The first kappa shape index (κ1) is 15.6. The monoisotopic (exact) mass is 264 g/mol. The molecule has 19 heavy (non-hydrogen) atoms. The number of rotatable bonds is 3. The molecule has 0 aromatic carbocycles. The van der Waals surface area contributed by atoms with Crippen LogP contribution in [0.15, 0.2) is 12.2 Å². The van der Waals surface area contributed by atoms with Crippen LogP contribution in [-0.4, -0.2) is 29.7 Å². The smallest absolute Gasteiger partial charge is 0.410 e. The molecule has 0 N–H and O–H groups in total. The van der Waals surface area contributed by atoms with E-state index in [1.54, 1.807) is 4.90 Å². The molecular formula is C15H24N2O2. The molecule has 1 fully saturated rings. The van der Waals surface area contributed by atoms with Gasteiger partial charge in [-0.3, -0.25) is 0 Å². The molecule has 1 aliphatic heterocycles. The van der Waals surface area contributed by atoms with E-state index in [-0.39, 0.29) is 6.09 Å². The molecule has 1 heterocycles. The Morgan fingerprint density at radius 1 is 1.42 bits per heavy atom. The number of carbonyl (C=O) groups excluding carboxylic acids is 1. The zero-order valence-electron chi connectivity index (χ0n) is 12.2. The van der Waals surface area contributed by atoms with Crippen LogP contribution in [0.3, 0.4) is 0 Å². The van der Waals surface area contributed by atoms with Crippen molar-refractivity contribution >= 4 is 6.09 Å². The van der Waals surface area contributed by atoms with Crippen LogP contribution in [0, 0.1) is 17.2 Å². The molecule has 1 amide bonds. The van der Waals surface area contributed by atoms with Crippen molar-refractivity contribution < 1.29 is 9.53 Å². The third-order valence-corrected chi connectivity index (χ3v) is 3.20. The first-order chi connectivity index (χ1) is 8.92. The van der Waals surface area contributed by atoms with E-state index in [2.05, 4.69) is 0 Å². The van der Waals surface area contributed by atoms with E-state index in [9.17, 15) is 4.79 Å². The Morgan fingerprint density at radius 3 is 2.58 bits per heavy atom. The summed E-state index contributed by atoms with van der Waals surface area (Å²) in [5.74, 6) is 0.655. The van der Waals surface area contributed by atoms with Gasteiger partial charge in [0.25, 0.3) is 0 Å². The van der Waals surface area contributed by atoms with Crippen LogP contribution in [0.1, 0.15) is 46.5 Å². The normalized spacial score (nSPS) is 17.5. The highest BCUT2D eigenvalue weighted by atomic mass is 16.6. The number of amides is 1. The third kappa shape index (κ3) is 6.28. The number of allylic oxidation sites excluding steroid dienone is 2. The number of hydrogen-bond acceptors (Lipinski definition) is 3. The Balaban J connectivity index is 2.27. The third-order valence-electron chi connectivity index (χ3n) is 3.20. The number of piperidine rings is 1. The lowest BCUT2D eigenvalue weighted by Gasteiger charge is -2.33. The Hall–Kier alpha value is -1.50. The average Bonchev–Trinajstić information content (AvgIpc) is 2.33. The fraction of sp³-hybridized carbons (Fsp3) is 0.733. The molecule has 0 saturated carbocycles. The summed E-state index contributed by atoms with van der Waals surface area (Å²) in [5.41, 5.74) is -0.421. The van der Waals surface area contributed by atoms with Gasteiger partial charge >= 0.3 is 6.09 Å². The highest BCUT2D eigenvalue weighted by Crippen LogP contribution is 2.23. The lowest BCUT2D eigenvalue weighted by molar-refractivity contribution is 0.0181. The molecule has 0 radical (unpaired) electrons. The van der Waals surface area contributed by atoms with Gasteiger partial charge in [-0.15, -0.1) is 0 Å². The first-order valence-electron chi connectivity index (χ1n) is 6.95. The van der Waals surface area contributed by atoms with E-state index in [0.29, 0.717) is 5.92 Å². The maximum atomic E-state index is 11.9. The average molecular weight is 264 g/mol. The van der Waals surface area contributed by atoms with Gasteiger partial charge in [0, 0.05) is 19.2 Å². The SMILES string of the molecule is CC(C)(C)OC(=O)N1CCC(CC/C=C\C#N)CC1. The Kier molecular flexibility index (Phi) is 5.88. The van der Waals surface area contributed by atoms with Gasteiger partial charge in [-0.25, -0.2) is 4.79 Å². The molecule has 4 heteroatoms. The van der Waals surface area contributed by atoms with E-state index in [1.165, 1.54) is 6.08 Å². The molecule has 1 aliphatic rings. The standard InChI is InChI=1S/C15H24N2O2/c1-15(2,3)19-14(18)17-11-8-13(9-12-17)7-5-4-6-10-16/h4,6,13H,5,7-9,11-12H2,1-3H3/b6-4-. The molecule has 0 aromatic heterocycles. The van der Waals surface area contributed by atoms with Crippen LogP contribution in [0.4, 0.5) is 4.79 Å². The van der Waals surface area contributed by atoms with Crippen molar-refractivity contribution in [2.75, 3.05) is 13.1 Å². The Morgan fingerprint density at radius 2 is 2.05 bits per heavy atom.